The third-order valence-electron chi connectivity index (χ3n) is 2.42. The molecule has 78 valence electrons. The maximum Gasteiger partial charge on any atom is 0.119 e. The number of phenols is 1. The lowest BCUT2D eigenvalue weighted by Gasteiger charge is -2.19. The van der Waals surface area contributed by atoms with Crippen molar-refractivity contribution in [2.45, 2.75) is 32.4 Å². The highest BCUT2D eigenvalue weighted by Crippen LogP contribution is 2.26. The highest BCUT2D eigenvalue weighted by molar-refractivity contribution is 5.41. The molecule has 4 N–H and O–H groups in total. The number of hydrogen-bond donors (Lipinski definition) is 3. The van der Waals surface area contributed by atoms with Crippen LogP contribution >= 0.6 is 0 Å². The van der Waals surface area contributed by atoms with E-state index >= 15 is 0 Å². The average Bonchev–Trinajstić information content (AvgIpc) is 2.16. The molecule has 0 bridgehead atoms. The molecular formula is C11H17NO2. The predicted molar refractivity (Wildman–Crippen MR) is 56.1 cm³/mol. The van der Waals surface area contributed by atoms with Crippen LogP contribution in [0, 0.1) is 0 Å². The molecule has 0 radical (unpaired) electrons. The molecule has 2 unspecified atom stereocenters. The molecule has 0 saturated heterocycles. The van der Waals surface area contributed by atoms with Crippen LogP contribution in [0.5, 0.6) is 5.75 Å². The second-order valence-electron chi connectivity index (χ2n) is 3.46. The van der Waals surface area contributed by atoms with Gasteiger partial charge in [0, 0.05) is 0 Å². The predicted octanol–water partition coefficient (Wildman–Crippen LogP) is 1.34. The third-order valence-corrected chi connectivity index (χ3v) is 2.42. The third kappa shape index (κ3) is 2.05. The van der Waals surface area contributed by atoms with Crippen molar-refractivity contribution in [2.75, 3.05) is 0 Å². The molecule has 0 heterocycles. The summed E-state index contributed by atoms with van der Waals surface area (Å²) in [6.45, 7) is 3.60. The quantitative estimate of drug-likeness (QED) is 0.681. The lowest BCUT2D eigenvalue weighted by molar-refractivity contribution is 0.164. The van der Waals surface area contributed by atoms with Crippen molar-refractivity contribution in [3.63, 3.8) is 0 Å². The number of aromatic hydroxyl groups is 1. The van der Waals surface area contributed by atoms with Gasteiger partial charge < -0.3 is 15.9 Å². The van der Waals surface area contributed by atoms with Gasteiger partial charge in [-0.15, -0.1) is 0 Å². The van der Waals surface area contributed by atoms with E-state index in [0.29, 0.717) is 6.42 Å². The Hall–Kier alpha value is -1.06. The lowest BCUT2D eigenvalue weighted by Crippen LogP contribution is -2.24. The van der Waals surface area contributed by atoms with Crippen molar-refractivity contribution >= 4 is 0 Å². The van der Waals surface area contributed by atoms with Crippen molar-refractivity contribution in [1.82, 2.24) is 0 Å². The first-order chi connectivity index (χ1) is 6.57. The Bertz CT molecular complexity index is 310. The molecule has 3 nitrogen and oxygen atoms in total. The minimum absolute atomic E-state index is 0.251. The summed E-state index contributed by atoms with van der Waals surface area (Å²) in [5.41, 5.74) is 7.46. The number of phenolic OH excluding ortho intramolecular Hbond substituents is 1. The standard InChI is InChI=1S/C11H17NO2/c1-3-8-9(11(12)7(2)13)5-4-6-10(8)14/h4-7,11,13-14H,3,12H2,1-2H3. The zero-order valence-electron chi connectivity index (χ0n) is 8.57. The molecule has 3 heteroatoms. The van der Waals surface area contributed by atoms with Crippen LogP contribution in [0.15, 0.2) is 18.2 Å². The minimum atomic E-state index is -0.609. The van der Waals surface area contributed by atoms with Gasteiger partial charge in [0.2, 0.25) is 0 Å². The van der Waals surface area contributed by atoms with Crippen molar-refractivity contribution in [3.05, 3.63) is 29.3 Å². The van der Waals surface area contributed by atoms with E-state index in [2.05, 4.69) is 0 Å². The molecule has 0 aliphatic rings. The van der Waals surface area contributed by atoms with Gasteiger partial charge in [-0.3, -0.25) is 0 Å². The molecule has 0 spiro atoms. The molecule has 0 fully saturated rings. The molecule has 0 amide bonds. The second kappa shape index (κ2) is 4.44. The molecule has 1 rings (SSSR count). The number of benzene rings is 1. The molecule has 2 atom stereocenters. The average molecular weight is 195 g/mol. The molecule has 0 aliphatic heterocycles. The first-order valence-corrected chi connectivity index (χ1v) is 4.82. The van der Waals surface area contributed by atoms with Gasteiger partial charge in [-0.25, -0.2) is 0 Å². The summed E-state index contributed by atoms with van der Waals surface area (Å²) in [6.07, 6.45) is 0.102. The van der Waals surface area contributed by atoms with E-state index < -0.39 is 12.1 Å². The summed E-state index contributed by atoms with van der Waals surface area (Å²) in [6, 6.07) is 4.79. The maximum absolute atomic E-state index is 9.58. The van der Waals surface area contributed by atoms with Gasteiger partial charge in [0.25, 0.3) is 0 Å². The molecule has 0 saturated carbocycles. The minimum Gasteiger partial charge on any atom is -0.508 e. The fraction of sp³-hybridized carbons (Fsp3) is 0.455. The van der Waals surface area contributed by atoms with Crippen LogP contribution < -0.4 is 5.73 Å². The Labute approximate surface area is 84.2 Å². The fourth-order valence-electron chi connectivity index (χ4n) is 1.55. The zero-order valence-corrected chi connectivity index (χ0v) is 8.57. The van der Waals surface area contributed by atoms with E-state index in [1.165, 1.54) is 0 Å². The molecular weight excluding hydrogens is 178 g/mol. The van der Waals surface area contributed by atoms with E-state index in [9.17, 15) is 10.2 Å². The van der Waals surface area contributed by atoms with E-state index in [0.717, 1.165) is 11.1 Å². The van der Waals surface area contributed by atoms with Crippen LogP contribution in [0.1, 0.15) is 31.0 Å². The van der Waals surface area contributed by atoms with Gasteiger partial charge in [-0.1, -0.05) is 19.1 Å². The number of nitrogens with two attached hydrogens (primary N) is 1. The number of aliphatic hydroxyl groups excluding tert-OH is 1. The number of aliphatic hydroxyl groups is 1. The first kappa shape index (κ1) is 11.0. The van der Waals surface area contributed by atoms with Gasteiger partial charge in [-0.05, 0) is 30.5 Å². The molecule has 14 heavy (non-hydrogen) atoms. The summed E-state index contributed by atoms with van der Waals surface area (Å²) in [5, 5.41) is 19.0. The van der Waals surface area contributed by atoms with E-state index in [4.69, 9.17) is 5.73 Å². The van der Waals surface area contributed by atoms with E-state index in [1.807, 2.05) is 13.0 Å². The summed E-state index contributed by atoms with van der Waals surface area (Å²) >= 11 is 0. The molecule has 0 aromatic heterocycles. The van der Waals surface area contributed by atoms with Gasteiger partial charge in [0.15, 0.2) is 0 Å². The van der Waals surface area contributed by atoms with Crippen LogP contribution in [-0.4, -0.2) is 16.3 Å². The Balaban J connectivity index is 3.13. The summed E-state index contributed by atoms with van der Waals surface area (Å²) in [7, 11) is 0. The number of rotatable bonds is 3. The topological polar surface area (TPSA) is 66.5 Å². The molecule has 1 aromatic rings. The van der Waals surface area contributed by atoms with Gasteiger partial charge in [0.05, 0.1) is 12.1 Å². The van der Waals surface area contributed by atoms with Crippen molar-refractivity contribution < 1.29 is 10.2 Å². The maximum atomic E-state index is 9.58. The van der Waals surface area contributed by atoms with Crippen molar-refractivity contribution in [2.24, 2.45) is 5.73 Å². The number of hydrogen-bond acceptors (Lipinski definition) is 3. The Morgan fingerprint density at radius 2 is 2.07 bits per heavy atom. The van der Waals surface area contributed by atoms with Gasteiger partial charge in [-0.2, -0.15) is 0 Å². The van der Waals surface area contributed by atoms with Gasteiger partial charge >= 0.3 is 0 Å². The normalized spacial score (nSPS) is 15.1. The second-order valence-corrected chi connectivity index (χ2v) is 3.46. The Morgan fingerprint density at radius 1 is 1.43 bits per heavy atom. The largest absolute Gasteiger partial charge is 0.508 e. The van der Waals surface area contributed by atoms with E-state index in [-0.39, 0.29) is 5.75 Å². The monoisotopic (exact) mass is 195 g/mol. The first-order valence-electron chi connectivity index (χ1n) is 4.82. The SMILES string of the molecule is CCc1c(O)cccc1C(N)C(C)O. The Morgan fingerprint density at radius 3 is 2.57 bits per heavy atom. The van der Waals surface area contributed by atoms with E-state index in [1.54, 1.807) is 19.1 Å². The molecule has 1 aromatic carbocycles. The smallest absolute Gasteiger partial charge is 0.119 e. The van der Waals surface area contributed by atoms with Crippen LogP contribution in [0.4, 0.5) is 0 Å². The Kier molecular flexibility index (Phi) is 3.49. The highest BCUT2D eigenvalue weighted by Gasteiger charge is 2.16. The summed E-state index contributed by atoms with van der Waals surface area (Å²) in [4.78, 5) is 0. The highest BCUT2D eigenvalue weighted by atomic mass is 16.3. The zero-order chi connectivity index (χ0) is 10.7. The van der Waals surface area contributed by atoms with Crippen LogP contribution in [0.3, 0.4) is 0 Å². The lowest BCUT2D eigenvalue weighted by atomic mass is 9.95. The van der Waals surface area contributed by atoms with Crippen LogP contribution in [-0.2, 0) is 6.42 Å². The van der Waals surface area contributed by atoms with Gasteiger partial charge in [0.1, 0.15) is 5.75 Å². The fourth-order valence-corrected chi connectivity index (χ4v) is 1.55. The van der Waals surface area contributed by atoms with Crippen molar-refractivity contribution in [3.8, 4) is 5.75 Å². The summed E-state index contributed by atoms with van der Waals surface area (Å²) < 4.78 is 0. The van der Waals surface area contributed by atoms with Crippen LogP contribution in [0.25, 0.3) is 0 Å². The summed E-state index contributed by atoms with van der Waals surface area (Å²) in [5.74, 6) is 0.251. The van der Waals surface area contributed by atoms with Crippen LogP contribution in [0.2, 0.25) is 0 Å². The van der Waals surface area contributed by atoms with Crippen molar-refractivity contribution in [1.29, 1.82) is 0 Å². The molecule has 0 aliphatic carbocycles.